The Kier molecular flexibility index (Phi) is 6.03. The van der Waals surface area contributed by atoms with Crippen molar-refractivity contribution in [3.05, 3.63) is 0 Å². The SMILES string of the molecule is CC(CC(=O)NC1CCC(C(=O)O)CC1)CC(C)(C)C. The lowest BCUT2D eigenvalue weighted by Crippen LogP contribution is -2.39. The average molecular weight is 283 g/mol. The van der Waals surface area contributed by atoms with Gasteiger partial charge in [-0.15, -0.1) is 0 Å². The largest absolute Gasteiger partial charge is 0.481 e. The number of aliphatic carboxylic acids is 1. The van der Waals surface area contributed by atoms with Gasteiger partial charge in [0.2, 0.25) is 5.91 Å². The summed E-state index contributed by atoms with van der Waals surface area (Å²) >= 11 is 0. The Labute approximate surface area is 122 Å². The number of carbonyl (C=O) groups is 2. The van der Waals surface area contributed by atoms with Crippen LogP contribution in [-0.2, 0) is 9.59 Å². The first kappa shape index (κ1) is 17.0. The zero-order valence-corrected chi connectivity index (χ0v) is 13.2. The van der Waals surface area contributed by atoms with Crippen molar-refractivity contribution >= 4 is 11.9 Å². The van der Waals surface area contributed by atoms with Crippen LogP contribution in [0.1, 0.15) is 66.2 Å². The van der Waals surface area contributed by atoms with Gasteiger partial charge in [-0.1, -0.05) is 27.7 Å². The highest BCUT2D eigenvalue weighted by atomic mass is 16.4. The highest BCUT2D eigenvalue weighted by Gasteiger charge is 2.27. The van der Waals surface area contributed by atoms with Crippen molar-refractivity contribution in [2.75, 3.05) is 0 Å². The van der Waals surface area contributed by atoms with E-state index in [9.17, 15) is 9.59 Å². The van der Waals surface area contributed by atoms with Crippen molar-refractivity contribution in [1.29, 1.82) is 0 Å². The summed E-state index contributed by atoms with van der Waals surface area (Å²) in [5.41, 5.74) is 0.249. The average Bonchev–Trinajstić information content (AvgIpc) is 2.26. The predicted octanol–water partition coefficient (Wildman–Crippen LogP) is 3.21. The number of nitrogens with one attached hydrogen (secondary N) is 1. The van der Waals surface area contributed by atoms with Gasteiger partial charge in [0.1, 0.15) is 0 Å². The molecule has 0 heterocycles. The van der Waals surface area contributed by atoms with Crippen LogP contribution in [0.3, 0.4) is 0 Å². The van der Waals surface area contributed by atoms with Crippen LogP contribution in [0.5, 0.6) is 0 Å². The quantitative estimate of drug-likeness (QED) is 0.814. The van der Waals surface area contributed by atoms with E-state index >= 15 is 0 Å². The molecule has 1 aliphatic rings. The summed E-state index contributed by atoms with van der Waals surface area (Å²) in [6.07, 6.45) is 4.53. The third kappa shape index (κ3) is 6.40. The van der Waals surface area contributed by atoms with Crippen LogP contribution in [0.15, 0.2) is 0 Å². The molecule has 20 heavy (non-hydrogen) atoms. The molecular formula is C16H29NO3. The fraction of sp³-hybridized carbons (Fsp3) is 0.875. The van der Waals surface area contributed by atoms with Crippen LogP contribution in [0.2, 0.25) is 0 Å². The highest BCUT2D eigenvalue weighted by Crippen LogP contribution is 2.27. The molecule has 1 amide bonds. The Hall–Kier alpha value is -1.06. The zero-order chi connectivity index (χ0) is 15.3. The van der Waals surface area contributed by atoms with Gasteiger partial charge in [0.05, 0.1) is 5.92 Å². The summed E-state index contributed by atoms with van der Waals surface area (Å²) in [7, 11) is 0. The molecule has 2 N–H and O–H groups in total. The van der Waals surface area contributed by atoms with Gasteiger partial charge in [-0.25, -0.2) is 0 Å². The molecule has 0 bridgehead atoms. The lowest BCUT2D eigenvalue weighted by atomic mass is 9.83. The molecule has 4 heteroatoms. The number of hydrogen-bond donors (Lipinski definition) is 2. The van der Waals surface area contributed by atoms with E-state index in [2.05, 4.69) is 33.0 Å². The smallest absolute Gasteiger partial charge is 0.306 e. The first-order chi connectivity index (χ1) is 9.17. The number of hydrogen-bond acceptors (Lipinski definition) is 2. The zero-order valence-electron chi connectivity index (χ0n) is 13.2. The number of rotatable bonds is 5. The topological polar surface area (TPSA) is 66.4 Å². The molecular weight excluding hydrogens is 254 g/mol. The Morgan fingerprint density at radius 2 is 1.75 bits per heavy atom. The molecule has 1 saturated carbocycles. The van der Waals surface area contributed by atoms with Crippen LogP contribution < -0.4 is 5.32 Å². The van der Waals surface area contributed by atoms with Gasteiger partial charge in [-0.05, 0) is 43.4 Å². The molecule has 1 rings (SSSR count). The van der Waals surface area contributed by atoms with E-state index in [4.69, 9.17) is 5.11 Å². The van der Waals surface area contributed by atoms with Gasteiger partial charge in [0.15, 0.2) is 0 Å². The summed E-state index contributed by atoms with van der Waals surface area (Å²) in [6.45, 7) is 8.68. The maximum atomic E-state index is 12.0. The van der Waals surface area contributed by atoms with Crippen LogP contribution in [0.25, 0.3) is 0 Å². The van der Waals surface area contributed by atoms with Gasteiger partial charge in [0.25, 0.3) is 0 Å². The normalized spacial score (nSPS) is 25.0. The second-order valence-electron chi connectivity index (χ2n) is 7.53. The van der Waals surface area contributed by atoms with Crippen LogP contribution in [0, 0.1) is 17.3 Å². The van der Waals surface area contributed by atoms with Gasteiger partial charge in [0, 0.05) is 12.5 Å². The van der Waals surface area contributed by atoms with Crippen molar-refractivity contribution < 1.29 is 14.7 Å². The Morgan fingerprint density at radius 3 is 2.20 bits per heavy atom. The molecule has 1 unspecified atom stereocenters. The Bertz CT molecular complexity index is 338. The van der Waals surface area contributed by atoms with E-state index in [1.165, 1.54) is 0 Å². The lowest BCUT2D eigenvalue weighted by molar-refractivity contribution is -0.142. The fourth-order valence-corrected chi connectivity index (χ4v) is 3.21. The van der Waals surface area contributed by atoms with Crippen LogP contribution in [-0.4, -0.2) is 23.0 Å². The van der Waals surface area contributed by atoms with Crippen molar-refractivity contribution in [1.82, 2.24) is 5.32 Å². The maximum Gasteiger partial charge on any atom is 0.306 e. The number of carbonyl (C=O) groups excluding carboxylic acids is 1. The summed E-state index contributed by atoms with van der Waals surface area (Å²) in [5, 5.41) is 12.0. The summed E-state index contributed by atoms with van der Waals surface area (Å²) in [5.74, 6) is -0.428. The standard InChI is InChI=1S/C16H29NO3/c1-11(10-16(2,3)4)9-14(18)17-13-7-5-12(6-8-13)15(19)20/h11-13H,5-10H2,1-4H3,(H,17,18)(H,19,20). The maximum absolute atomic E-state index is 12.0. The summed E-state index contributed by atoms with van der Waals surface area (Å²) in [4.78, 5) is 22.9. The Morgan fingerprint density at radius 1 is 1.20 bits per heavy atom. The number of amides is 1. The van der Waals surface area contributed by atoms with Crippen molar-refractivity contribution in [3.63, 3.8) is 0 Å². The second-order valence-corrected chi connectivity index (χ2v) is 7.53. The molecule has 4 nitrogen and oxygen atoms in total. The molecule has 0 aromatic heterocycles. The van der Waals surface area contributed by atoms with Gasteiger partial charge < -0.3 is 10.4 Å². The minimum Gasteiger partial charge on any atom is -0.481 e. The fourth-order valence-electron chi connectivity index (χ4n) is 3.21. The molecule has 1 atom stereocenters. The first-order valence-electron chi connectivity index (χ1n) is 7.69. The van der Waals surface area contributed by atoms with E-state index in [1.807, 2.05) is 0 Å². The van der Waals surface area contributed by atoms with Crippen molar-refractivity contribution in [3.8, 4) is 0 Å². The van der Waals surface area contributed by atoms with E-state index in [-0.39, 0.29) is 23.3 Å². The molecule has 0 spiro atoms. The molecule has 1 fully saturated rings. The molecule has 0 aliphatic heterocycles. The van der Waals surface area contributed by atoms with E-state index < -0.39 is 5.97 Å². The molecule has 1 aliphatic carbocycles. The molecule has 116 valence electrons. The van der Waals surface area contributed by atoms with E-state index in [0.29, 0.717) is 25.2 Å². The van der Waals surface area contributed by atoms with Gasteiger partial charge >= 0.3 is 5.97 Å². The molecule has 0 radical (unpaired) electrons. The van der Waals surface area contributed by atoms with E-state index in [1.54, 1.807) is 0 Å². The molecule has 0 saturated heterocycles. The minimum absolute atomic E-state index is 0.112. The highest BCUT2D eigenvalue weighted by molar-refractivity contribution is 5.76. The molecule has 0 aromatic rings. The summed E-state index contributed by atoms with van der Waals surface area (Å²) in [6, 6.07) is 0.167. The second kappa shape index (κ2) is 7.09. The van der Waals surface area contributed by atoms with Gasteiger partial charge in [-0.2, -0.15) is 0 Å². The van der Waals surface area contributed by atoms with Crippen molar-refractivity contribution in [2.45, 2.75) is 72.3 Å². The van der Waals surface area contributed by atoms with Crippen LogP contribution >= 0.6 is 0 Å². The monoisotopic (exact) mass is 283 g/mol. The number of carboxylic acid groups (broad SMARTS) is 1. The summed E-state index contributed by atoms with van der Waals surface area (Å²) < 4.78 is 0. The third-order valence-corrected chi connectivity index (χ3v) is 3.94. The third-order valence-electron chi connectivity index (χ3n) is 3.94. The number of carboxylic acids is 1. The minimum atomic E-state index is -0.700. The Balaban J connectivity index is 2.28. The molecule has 0 aromatic carbocycles. The van der Waals surface area contributed by atoms with Gasteiger partial charge in [-0.3, -0.25) is 9.59 Å². The van der Waals surface area contributed by atoms with Crippen molar-refractivity contribution in [2.24, 2.45) is 17.3 Å². The predicted molar refractivity (Wildman–Crippen MR) is 79.4 cm³/mol. The first-order valence-corrected chi connectivity index (χ1v) is 7.69. The van der Waals surface area contributed by atoms with E-state index in [0.717, 1.165) is 19.3 Å². The van der Waals surface area contributed by atoms with Crippen LogP contribution in [0.4, 0.5) is 0 Å². The lowest BCUT2D eigenvalue weighted by Gasteiger charge is -2.28.